The van der Waals surface area contributed by atoms with Crippen LogP contribution in [-0.2, 0) is 4.79 Å². The zero-order valence-corrected chi connectivity index (χ0v) is 13.2. The first-order valence-electron chi connectivity index (χ1n) is 7.45. The Bertz CT molecular complexity index is 618. The smallest absolute Gasteiger partial charge is 0.262 e. The second-order valence-electron chi connectivity index (χ2n) is 5.84. The number of hydrogen-bond donors (Lipinski definition) is 1. The minimum absolute atomic E-state index is 0.110. The summed E-state index contributed by atoms with van der Waals surface area (Å²) in [6, 6.07) is 8.51. The molecule has 1 N–H and O–H groups in total. The fourth-order valence-corrected chi connectivity index (χ4v) is 4.99. The van der Waals surface area contributed by atoms with E-state index in [1.54, 1.807) is 11.8 Å². The lowest BCUT2D eigenvalue weighted by Gasteiger charge is -2.29. The number of fused-ring (bicyclic) bond motifs is 3. The zero-order valence-electron chi connectivity index (χ0n) is 11.6. The summed E-state index contributed by atoms with van der Waals surface area (Å²) in [6.45, 7) is 0. The molecule has 3 nitrogen and oxygen atoms in total. The Kier molecular flexibility index (Phi) is 3.48. The third-order valence-corrected chi connectivity index (χ3v) is 6.05. The van der Waals surface area contributed by atoms with E-state index in [1.165, 1.54) is 19.3 Å². The van der Waals surface area contributed by atoms with Gasteiger partial charge < -0.3 is 4.90 Å². The van der Waals surface area contributed by atoms with Crippen molar-refractivity contribution in [3.8, 4) is 0 Å². The van der Waals surface area contributed by atoms with Gasteiger partial charge in [-0.05, 0) is 30.5 Å². The molecule has 2 heterocycles. The molecule has 3 fully saturated rings. The minimum atomic E-state index is 0.110. The molecule has 0 spiro atoms. The van der Waals surface area contributed by atoms with Gasteiger partial charge in [0.15, 0.2) is 0 Å². The summed E-state index contributed by atoms with van der Waals surface area (Å²) in [6.07, 6.45) is 6.74. The predicted molar refractivity (Wildman–Crippen MR) is 86.8 cm³/mol. The van der Waals surface area contributed by atoms with Crippen LogP contribution in [0.3, 0.4) is 0 Å². The van der Waals surface area contributed by atoms with Crippen molar-refractivity contribution in [2.45, 2.75) is 43.3 Å². The lowest BCUT2D eigenvalue weighted by Crippen LogP contribution is -2.40. The van der Waals surface area contributed by atoms with E-state index < -0.39 is 0 Å². The summed E-state index contributed by atoms with van der Waals surface area (Å²) < 4.78 is 0. The van der Waals surface area contributed by atoms with Gasteiger partial charge in [0, 0.05) is 17.1 Å². The van der Waals surface area contributed by atoms with Gasteiger partial charge in [-0.1, -0.05) is 54.4 Å². The molecule has 0 aromatic heterocycles. The number of benzene rings is 1. The second-order valence-corrected chi connectivity index (χ2v) is 7.37. The average Bonchev–Trinajstić information content (AvgIpc) is 2.99. The van der Waals surface area contributed by atoms with Gasteiger partial charge in [-0.2, -0.15) is 0 Å². The molecule has 110 valence electrons. The van der Waals surface area contributed by atoms with Crippen molar-refractivity contribution in [1.82, 2.24) is 10.2 Å². The largest absolute Gasteiger partial charge is 0.309 e. The van der Waals surface area contributed by atoms with E-state index in [2.05, 4.69) is 10.2 Å². The van der Waals surface area contributed by atoms with Crippen molar-refractivity contribution < 1.29 is 4.79 Å². The SMILES string of the molecule is O=C1C(=Cc2ccccc2Cl)SC2NC3CCCCC3N12. The molecule has 3 unspecified atom stereocenters. The van der Waals surface area contributed by atoms with Crippen LogP contribution in [0.15, 0.2) is 29.2 Å². The molecule has 3 atom stereocenters. The molecular formula is C16H17ClN2OS. The van der Waals surface area contributed by atoms with E-state index in [0.29, 0.717) is 17.1 Å². The number of hydrogen-bond acceptors (Lipinski definition) is 3. The van der Waals surface area contributed by atoms with Crippen LogP contribution >= 0.6 is 23.4 Å². The van der Waals surface area contributed by atoms with E-state index in [4.69, 9.17) is 11.6 Å². The molecule has 1 saturated carbocycles. The number of carbonyl (C=O) groups is 1. The molecule has 1 amide bonds. The zero-order chi connectivity index (χ0) is 14.4. The summed E-state index contributed by atoms with van der Waals surface area (Å²) in [7, 11) is 0. The van der Waals surface area contributed by atoms with Crippen molar-refractivity contribution in [3.05, 3.63) is 39.8 Å². The minimum Gasteiger partial charge on any atom is -0.309 e. The molecule has 3 aliphatic rings. The molecule has 1 aromatic carbocycles. The first-order valence-corrected chi connectivity index (χ1v) is 8.71. The van der Waals surface area contributed by atoms with Crippen LogP contribution in [0.1, 0.15) is 31.2 Å². The molecule has 0 radical (unpaired) electrons. The average molecular weight is 321 g/mol. The first-order chi connectivity index (χ1) is 10.2. The number of nitrogens with zero attached hydrogens (tertiary/aromatic N) is 1. The van der Waals surface area contributed by atoms with Crippen LogP contribution in [0.2, 0.25) is 5.02 Å². The predicted octanol–water partition coefficient (Wildman–Crippen LogP) is 3.45. The van der Waals surface area contributed by atoms with Crippen LogP contribution < -0.4 is 5.32 Å². The van der Waals surface area contributed by atoms with Crippen molar-refractivity contribution in [1.29, 1.82) is 0 Å². The molecule has 1 aromatic rings. The van der Waals surface area contributed by atoms with E-state index in [-0.39, 0.29) is 11.4 Å². The Morgan fingerprint density at radius 2 is 2.10 bits per heavy atom. The second kappa shape index (κ2) is 5.34. The number of amides is 1. The molecule has 5 heteroatoms. The van der Waals surface area contributed by atoms with Gasteiger partial charge in [0.25, 0.3) is 5.91 Å². The lowest BCUT2D eigenvalue weighted by atomic mass is 9.91. The quantitative estimate of drug-likeness (QED) is 0.804. The highest BCUT2D eigenvalue weighted by atomic mass is 35.5. The summed E-state index contributed by atoms with van der Waals surface area (Å²) in [5.74, 6) is 0.159. The molecule has 21 heavy (non-hydrogen) atoms. The van der Waals surface area contributed by atoms with E-state index in [9.17, 15) is 4.79 Å². The maximum Gasteiger partial charge on any atom is 0.262 e. The topological polar surface area (TPSA) is 32.3 Å². The van der Waals surface area contributed by atoms with E-state index in [0.717, 1.165) is 16.9 Å². The highest BCUT2D eigenvalue weighted by molar-refractivity contribution is 8.05. The fraction of sp³-hybridized carbons (Fsp3) is 0.438. The molecule has 2 saturated heterocycles. The Balaban J connectivity index is 1.61. The standard InChI is InChI=1S/C16H17ClN2OS/c17-11-6-2-1-5-10(11)9-14-15(20)19-13-8-4-3-7-12(13)18-16(19)21-14/h1-2,5-6,9,12-13,16,18H,3-4,7-8H2. The Hall–Kier alpha value is -0.970. The highest BCUT2D eigenvalue weighted by Crippen LogP contribution is 2.43. The molecule has 4 rings (SSSR count). The van der Waals surface area contributed by atoms with Crippen LogP contribution in [0.5, 0.6) is 0 Å². The third-order valence-electron chi connectivity index (χ3n) is 4.57. The van der Waals surface area contributed by atoms with Gasteiger partial charge in [-0.3, -0.25) is 10.1 Å². The van der Waals surface area contributed by atoms with Crippen LogP contribution in [0.4, 0.5) is 0 Å². The normalized spacial score (nSPS) is 33.4. The van der Waals surface area contributed by atoms with E-state index >= 15 is 0 Å². The highest BCUT2D eigenvalue weighted by Gasteiger charge is 2.49. The van der Waals surface area contributed by atoms with Crippen LogP contribution in [-0.4, -0.2) is 28.4 Å². The maximum absolute atomic E-state index is 12.7. The van der Waals surface area contributed by atoms with Gasteiger partial charge in [0.1, 0.15) is 5.50 Å². The van der Waals surface area contributed by atoms with Crippen molar-refractivity contribution in [2.24, 2.45) is 0 Å². The summed E-state index contributed by atoms with van der Waals surface area (Å²) in [5.41, 5.74) is 1.02. The maximum atomic E-state index is 12.7. The van der Waals surface area contributed by atoms with Crippen molar-refractivity contribution in [3.63, 3.8) is 0 Å². The van der Waals surface area contributed by atoms with E-state index in [1.807, 2.05) is 30.3 Å². The monoisotopic (exact) mass is 320 g/mol. The van der Waals surface area contributed by atoms with Gasteiger partial charge >= 0.3 is 0 Å². The Labute approximate surface area is 133 Å². The van der Waals surface area contributed by atoms with Crippen molar-refractivity contribution in [2.75, 3.05) is 0 Å². The Morgan fingerprint density at radius 3 is 2.95 bits per heavy atom. The fourth-order valence-electron chi connectivity index (χ4n) is 3.55. The van der Waals surface area contributed by atoms with Crippen molar-refractivity contribution >= 4 is 35.3 Å². The summed E-state index contributed by atoms with van der Waals surface area (Å²) >= 11 is 7.81. The van der Waals surface area contributed by atoms with Crippen LogP contribution in [0.25, 0.3) is 6.08 Å². The summed E-state index contributed by atoms with van der Waals surface area (Å²) in [4.78, 5) is 15.6. The van der Waals surface area contributed by atoms with Gasteiger partial charge in [-0.15, -0.1) is 0 Å². The number of carbonyl (C=O) groups excluding carboxylic acids is 1. The molecule has 1 aliphatic carbocycles. The lowest BCUT2D eigenvalue weighted by molar-refractivity contribution is -0.127. The molecular weight excluding hydrogens is 304 g/mol. The van der Waals surface area contributed by atoms with Crippen LogP contribution in [0, 0.1) is 0 Å². The first kappa shape index (κ1) is 13.7. The molecule has 0 bridgehead atoms. The van der Waals surface area contributed by atoms with Gasteiger partial charge in [0.05, 0.1) is 4.91 Å². The van der Waals surface area contributed by atoms with Gasteiger partial charge in [0.2, 0.25) is 0 Å². The number of thioether (sulfide) groups is 1. The third kappa shape index (κ3) is 2.30. The number of halogens is 1. The number of rotatable bonds is 1. The Morgan fingerprint density at radius 1 is 1.29 bits per heavy atom. The number of nitrogens with one attached hydrogen (secondary N) is 1. The summed E-state index contributed by atoms with van der Waals surface area (Å²) in [5, 5.41) is 4.30. The molecule has 2 aliphatic heterocycles. The van der Waals surface area contributed by atoms with Gasteiger partial charge in [-0.25, -0.2) is 0 Å².